The summed E-state index contributed by atoms with van der Waals surface area (Å²) in [4.78, 5) is 29.8. The number of aromatic amines is 2. The number of H-pyrrole nitrogens is 2. The normalized spacial score (nSPS) is 16.5. The fraction of sp³-hybridized carbons (Fsp3) is 0.308. The van der Waals surface area contributed by atoms with Gasteiger partial charge in [0, 0.05) is 29.2 Å². The maximum absolute atomic E-state index is 14.9. The maximum atomic E-state index is 14.9. The second-order valence-corrected chi connectivity index (χ2v) is 11.4. The third-order valence-electron chi connectivity index (χ3n) is 6.35. The molecule has 1 heterocycles. The minimum atomic E-state index is -3.56. The van der Waals surface area contributed by atoms with E-state index in [1.54, 1.807) is 13.8 Å². The summed E-state index contributed by atoms with van der Waals surface area (Å²) in [5.74, 6) is -0.651. The number of allylic oxidation sites excluding steroid dienone is 2. The average molecular weight is 483 g/mol. The van der Waals surface area contributed by atoms with Crippen LogP contribution in [0.4, 0.5) is 4.39 Å². The van der Waals surface area contributed by atoms with Crippen molar-refractivity contribution in [3.63, 3.8) is 0 Å². The Morgan fingerprint density at radius 2 is 1.79 bits per heavy atom. The second kappa shape index (κ2) is 9.54. The van der Waals surface area contributed by atoms with Crippen LogP contribution in [0.5, 0.6) is 0 Å². The van der Waals surface area contributed by atoms with Crippen molar-refractivity contribution in [1.82, 2.24) is 9.97 Å². The number of halogens is 1. The van der Waals surface area contributed by atoms with Crippen LogP contribution in [0.2, 0.25) is 0 Å². The lowest BCUT2D eigenvalue weighted by Gasteiger charge is -2.24. The van der Waals surface area contributed by atoms with Gasteiger partial charge in [-0.3, -0.25) is 9.78 Å². The molecule has 0 aliphatic heterocycles. The van der Waals surface area contributed by atoms with Crippen LogP contribution in [0, 0.1) is 5.82 Å². The van der Waals surface area contributed by atoms with Crippen LogP contribution in [0.1, 0.15) is 61.4 Å². The van der Waals surface area contributed by atoms with Gasteiger partial charge in [0.15, 0.2) is 9.84 Å². The van der Waals surface area contributed by atoms with Crippen molar-refractivity contribution in [3.05, 3.63) is 104 Å². The highest BCUT2D eigenvalue weighted by Gasteiger charge is 2.25. The molecular formula is C26H27FN2O4S. The van der Waals surface area contributed by atoms with E-state index < -0.39 is 32.2 Å². The first-order valence-electron chi connectivity index (χ1n) is 11.3. The average Bonchev–Trinajstić information content (AvgIpc) is 2.81. The van der Waals surface area contributed by atoms with E-state index in [9.17, 15) is 22.4 Å². The van der Waals surface area contributed by atoms with E-state index in [0.29, 0.717) is 42.5 Å². The number of aromatic nitrogens is 2. The van der Waals surface area contributed by atoms with Gasteiger partial charge in [0.2, 0.25) is 0 Å². The lowest BCUT2D eigenvalue weighted by Crippen LogP contribution is -2.30. The van der Waals surface area contributed by atoms with E-state index in [1.807, 2.05) is 36.4 Å². The van der Waals surface area contributed by atoms with Crippen LogP contribution >= 0.6 is 0 Å². The third kappa shape index (κ3) is 4.82. The molecule has 0 fully saturated rings. The second-order valence-electron chi connectivity index (χ2n) is 8.90. The van der Waals surface area contributed by atoms with E-state index in [1.165, 1.54) is 12.1 Å². The van der Waals surface area contributed by atoms with Crippen LogP contribution in [0.3, 0.4) is 0 Å². The summed E-state index contributed by atoms with van der Waals surface area (Å²) < 4.78 is 39.6. The number of rotatable bonds is 6. The topological polar surface area (TPSA) is 99.9 Å². The zero-order valence-electron chi connectivity index (χ0n) is 19.1. The number of hydrogen-bond acceptors (Lipinski definition) is 4. The SMILES string of the molecule is CC(C)S(=O)(=O)c1ccc(C2=CCC(c3[nH]c(=O)[nH]c(=O)c3Cc3ccccc3)CC2)c(F)c1. The number of hydrogen-bond donors (Lipinski definition) is 2. The van der Waals surface area contributed by atoms with Gasteiger partial charge in [-0.25, -0.2) is 17.6 Å². The molecule has 1 unspecified atom stereocenters. The van der Waals surface area contributed by atoms with Crippen molar-refractivity contribution in [2.75, 3.05) is 0 Å². The molecule has 1 aliphatic rings. The summed E-state index contributed by atoms with van der Waals surface area (Å²) in [6.07, 6.45) is 4.00. The van der Waals surface area contributed by atoms with E-state index in [-0.39, 0.29) is 10.8 Å². The first-order valence-corrected chi connectivity index (χ1v) is 12.8. The summed E-state index contributed by atoms with van der Waals surface area (Å²) >= 11 is 0. The Labute approximate surface area is 197 Å². The van der Waals surface area contributed by atoms with Gasteiger partial charge in [0.1, 0.15) is 5.82 Å². The molecule has 0 spiro atoms. The van der Waals surface area contributed by atoms with Gasteiger partial charge in [-0.1, -0.05) is 42.5 Å². The highest BCUT2D eigenvalue weighted by atomic mass is 32.2. The van der Waals surface area contributed by atoms with Gasteiger partial charge in [0.25, 0.3) is 5.56 Å². The zero-order chi connectivity index (χ0) is 24.5. The summed E-state index contributed by atoms with van der Waals surface area (Å²) in [6, 6.07) is 13.6. The van der Waals surface area contributed by atoms with E-state index >= 15 is 0 Å². The van der Waals surface area contributed by atoms with Crippen LogP contribution in [-0.2, 0) is 16.3 Å². The molecule has 1 aliphatic carbocycles. The molecule has 34 heavy (non-hydrogen) atoms. The van der Waals surface area contributed by atoms with Gasteiger partial charge in [0.05, 0.1) is 10.1 Å². The van der Waals surface area contributed by atoms with Crippen molar-refractivity contribution < 1.29 is 12.8 Å². The van der Waals surface area contributed by atoms with Crippen molar-refractivity contribution in [2.24, 2.45) is 0 Å². The Balaban J connectivity index is 1.62. The number of sulfone groups is 1. The van der Waals surface area contributed by atoms with Crippen LogP contribution in [0.25, 0.3) is 5.57 Å². The Morgan fingerprint density at radius 1 is 1.06 bits per heavy atom. The molecule has 0 saturated heterocycles. The Kier molecular flexibility index (Phi) is 6.70. The molecule has 178 valence electrons. The number of nitrogens with one attached hydrogen (secondary N) is 2. The Bertz CT molecular complexity index is 1450. The molecule has 8 heteroatoms. The van der Waals surface area contributed by atoms with Crippen molar-refractivity contribution in [2.45, 2.75) is 55.6 Å². The molecule has 0 radical (unpaired) electrons. The summed E-state index contributed by atoms with van der Waals surface area (Å²) in [6.45, 7) is 3.13. The predicted molar refractivity (Wildman–Crippen MR) is 130 cm³/mol. The Morgan fingerprint density at radius 3 is 2.41 bits per heavy atom. The molecule has 0 bridgehead atoms. The van der Waals surface area contributed by atoms with Crippen molar-refractivity contribution >= 4 is 15.4 Å². The van der Waals surface area contributed by atoms with Gasteiger partial charge in [-0.15, -0.1) is 0 Å². The quantitative estimate of drug-likeness (QED) is 0.546. The first kappa shape index (κ1) is 23.9. The van der Waals surface area contributed by atoms with Crippen molar-refractivity contribution in [1.29, 1.82) is 0 Å². The lowest BCUT2D eigenvalue weighted by molar-refractivity contribution is 0.579. The van der Waals surface area contributed by atoms with E-state index in [0.717, 1.165) is 17.2 Å². The van der Waals surface area contributed by atoms with E-state index in [4.69, 9.17) is 0 Å². The molecule has 1 atom stereocenters. The zero-order valence-corrected chi connectivity index (χ0v) is 19.9. The molecule has 1 aromatic heterocycles. The van der Waals surface area contributed by atoms with Gasteiger partial charge in [-0.05, 0) is 56.4 Å². The van der Waals surface area contributed by atoms with Crippen LogP contribution in [-0.4, -0.2) is 23.6 Å². The smallest absolute Gasteiger partial charge is 0.311 e. The summed E-state index contributed by atoms with van der Waals surface area (Å²) in [5.41, 5.74) is 2.34. The molecule has 0 amide bonds. The minimum absolute atomic E-state index is 0.0234. The van der Waals surface area contributed by atoms with Gasteiger partial charge < -0.3 is 4.98 Å². The summed E-state index contributed by atoms with van der Waals surface area (Å²) in [5, 5.41) is -0.631. The van der Waals surface area contributed by atoms with Crippen molar-refractivity contribution in [3.8, 4) is 0 Å². The van der Waals surface area contributed by atoms with Crippen LogP contribution < -0.4 is 11.2 Å². The third-order valence-corrected chi connectivity index (χ3v) is 8.51. The van der Waals surface area contributed by atoms with Crippen LogP contribution in [0.15, 0.2) is 69.1 Å². The standard InChI is InChI=1S/C26H27FN2O4S/c1-16(2)34(32,33)20-12-13-21(23(27)15-20)18-8-10-19(11-9-18)24-22(25(30)29-26(31)28-24)14-17-6-4-3-5-7-17/h3-8,12-13,15-16,19H,9-11,14H2,1-2H3,(H2,28,29,30,31). The highest BCUT2D eigenvalue weighted by molar-refractivity contribution is 7.92. The molecule has 0 saturated carbocycles. The molecule has 3 aromatic rings. The summed E-state index contributed by atoms with van der Waals surface area (Å²) in [7, 11) is -3.56. The van der Waals surface area contributed by atoms with Gasteiger partial charge >= 0.3 is 5.69 Å². The number of benzene rings is 2. The first-order chi connectivity index (χ1) is 16.2. The molecular weight excluding hydrogens is 455 g/mol. The fourth-order valence-electron chi connectivity index (χ4n) is 4.40. The molecule has 2 N–H and O–H groups in total. The van der Waals surface area contributed by atoms with E-state index in [2.05, 4.69) is 9.97 Å². The lowest BCUT2D eigenvalue weighted by atomic mass is 9.83. The molecule has 6 nitrogen and oxygen atoms in total. The van der Waals surface area contributed by atoms with Gasteiger partial charge in [-0.2, -0.15) is 0 Å². The molecule has 4 rings (SSSR count). The fourth-order valence-corrected chi connectivity index (χ4v) is 5.47. The largest absolute Gasteiger partial charge is 0.325 e. The minimum Gasteiger partial charge on any atom is -0.311 e. The predicted octanol–water partition coefficient (Wildman–Crippen LogP) is 4.33. The monoisotopic (exact) mass is 482 g/mol. The molecule has 2 aromatic carbocycles. The maximum Gasteiger partial charge on any atom is 0.325 e. The highest BCUT2D eigenvalue weighted by Crippen LogP contribution is 2.37. The Hall–Kier alpha value is -3.26.